The molecule has 2 unspecified atom stereocenters. The fourth-order valence-corrected chi connectivity index (χ4v) is 3.37. The Hall–Kier alpha value is -1.75. The molecule has 6 heteroatoms. The third-order valence-corrected chi connectivity index (χ3v) is 5.42. The van der Waals surface area contributed by atoms with Crippen LogP contribution in [0.5, 0.6) is 0 Å². The summed E-state index contributed by atoms with van der Waals surface area (Å²) in [4.78, 5) is 14.8. The zero-order valence-corrected chi connectivity index (χ0v) is 16.4. The second-order valence-corrected chi connectivity index (χ2v) is 7.54. The summed E-state index contributed by atoms with van der Waals surface area (Å²) < 4.78 is 0. The average Bonchev–Trinajstić information content (AvgIpc) is 2.60. The molecule has 0 spiro atoms. The van der Waals surface area contributed by atoms with Gasteiger partial charge in [0.2, 0.25) is 5.91 Å². The van der Waals surface area contributed by atoms with Gasteiger partial charge in [0.25, 0.3) is 0 Å². The number of halogens is 2. The largest absolute Gasteiger partial charge is 0.368 e. The Morgan fingerprint density at radius 1 is 1.08 bits per heavy atom. The van der Waals surface area contributed by atoms with Crippen molar-refractivity contribution in [1.29, 1.82) is 0 Å². The topological polar surface area (TPSA) is 44.4 Å². The Bertz CT molecular complexity index is 763. The number of para-hydroxylation sites is 1. The van der Waals surface area contributed by atoms with Gasteiger partial charge in [-0.1, -0.05) is 47.5 Å². The van der Waals surface area contributed by atoms with Crippen LogP contribution in [-0.2, 0) is 4.79 Å². The van der Waals surface area contributed by atoms with Crippen molar-refractivity contribution >= 4 is 34.8 Å². The molecule has 26 heavy (non-hydrogen) atoms. The van der Waals surface area contributed by atoms with Crippen LogP contribution in [0, 0.1) is 0 Å². The van der Waals surface area contributed by atoms with E-state index in [2.05, 4.69) is 27.7 Å². The van der Waals surface area contributed by atoms with Gasteiger partial charge in [-0.15, -0.1) is 0 Å². The van der Waals surface area contributed by atoms with Crippen LogP contribution in [0.4, 0.5) is 5.69 Å². The van der Waals surface area contributed by atoms with Gasteiger partial charge in [0.1, 0.15) is 0 Å². The van der Waals surface area contributed by atoms with E-state index in [1.807, 2.05) is 38.1 Å². The predicted octanol–water partition coefficient (Wildman–Crippen LogP) is 4.04. The zero-order chi connectivity index (χ0) is 18.7. The minimum Gasteiger partial charge on any atom is -0.368 e. The van der Waals surface area contributed by atoms with E-state index in [9.17, 15) is 4.79 Å². The molecular formula is C20H23Cl2N3O. The smallest absolute Gasteiger partial charge is 0.237 e. The minimum atomic E-state index is -0.261. The van der Waals surface area contributed by atoms with Crippen molar-refractivity contribution in [3.8, 4) is 0 Å². The maximum atomic E-state index is 12.5. The lowest BCUT2D eigenvalue weighted by atomic mass is 10.1. The summed E-state index contributed by atoms with van der Waals surface area (Å²) in [6, 6.07) is 15.6. The van der Waals surface area contributed by atoms with E-state index in [0.29, 0.717) is 16.1 Å². The van der Waals surface area contributed by atoms with Crippen molar-refractivity contribution in [3.05, 3.63) is 64.1 Å². The Morgan fingerprint density at radius 3 is 2.42 bits per heavy atom. The van der Waals surface area contributed by atoms with Gasteiger partial charge in [-0.3, -0.25) is 10.1 Å². The molecule has 2 aromatic carbocycles. The molecule has 1 amide bonds. The summed E-state index contributed by atoms with van der Waals surface area (Å²) in [7, 11) is 0. The number of nitrogens with zero attached hydrogens (tertiary/aromatic N) is 1. The Balaban J connectivity index is 1.47. The van der Waals surface area contributed by atoms with Crippen molar-refractivity contribution in [2.24, 2.45) is 0 Å². The van der Waals surface area contributed by atoms with Gasteiger partial charge in [0, 0.05) is 24.8 Å². The van der Waals surface area contributed by atoms with Crippen LogP contribution < -0.4 is 15.5 Å². The molecule has 2 atom stereocenters. The molecule has 1 heterocycles. The molecule has 0 aromatic heterocycles. The summed E-state index contributed by atoms with van der Waals surface area (Å²) in [5, 5.41) is 7.42. The SMILES string of the molecule is CC(NC1CN(c2ccccc2)C1)C(=O)NC(C)c1ccc(Cl)c(Cl)c1. The highest BCUT2D eigenvalue weighted by Gasteiger charge is 2.29. The lowest BCUT2D eigenvalue weighted by Gasteiger charge is -2.42. The Kier molecular flexibility index (Phi) is 6.07. The van der Waals surface area contributed by atoms with Gasteiger partial charge in [-0.25, -0.2) is 0 Å². The number of anilines is 1. The first-order valence-corrected chi connectivity index (χ1v) is 9.51. The lowest BCUT2D eigenvalue weighted by Crippen LogP contribution is -2.62. The standard InChI is InChI=1S/C20H23Cl2N3O/c1-13(15-8-9-18(21)19(22)10-15)24-20(26)14(2)23-16-11-25(12-16)17-6-4-3-5-7-17/h3-10,13-14,16,23H,11-12H2,1-2H3,(H,24,26). The third-order valence-electron chi connectivity index (χ3n) is 4.68. The summed E-state index contributed by atoms with van der Waals surface area (Å²) in [5.41, 5.74) is 2.15. The number of rotatable bonds is 6. The van der Waals surface area contributed by atoms with Gasteiger partial charge in [0.15, 0.2) is 0 Å². The highest BCUT2D eigenvalue weighted by atomic mass is 35.5. The quantitative estimate of drug-likeness (QED) is 0.780. The maximum absolute atomic E-state index is 12.5. The predicted molar refractivity (Wildman–Crippen MR) is 108 cm³/mol. The molecule has 0 bridgehead atoms. The van der Waals surface area contributed by atoms with Crippen molar-refractivity contribution in [2.75, 3.05) is 18.0 Å². The molecule has 3 rings (SSSR count). The molecule has 1 aliphatic rings. The van der Waals surface area contributed by atoms with Crippen molar-refractivity contribution in [1.82, 2.24) is 10.6 Å². The summed E-state index contributed by atoms with van der Waals surface area (Å²) >= 11 is 12.0. The highest BCUT2D eigenvalue weighted by Crippen LogP contribution is 2.25. The average molecular weight is 392 g/mol. The third kappa shape index (κ3) is 4.50. The van der Waals surface area contributed by atoms with Crippen molar-refractivity contribution < 1.29 is 4.79 Å². The van der Waals surface area contributed by atoms with E-state index < -0.39 is 0 Å². The number of benzene rings is 2. The van der Waals surface area contributed by atoms with E-state index in [-0.39, 0.29) is 18.0 Å². The van der Waals surface area contributed by atoms with Crippen LogP contribution in [0.3, 0.4) is 0 Å². The number of hydrogen-bond donors (Lipinski definition) is 2. The molecule has 2 aromatic rings. The minimum absolute atomic E-state index is 0.0262. The summed E-state index contributed by atoms with van der Waals surface area (Å²) in [6.45, 7) is 5.64. The van der Waals surface area contributed by atoms with E-state index in [1.165, 1.54) is 5.69 Å². The first-order valence-electron chi connectivity index (χ1n) is 8.75. The first-order chi connectivity index (χ1) is 12.4. The van der Waals surface area contributed by atoms with Gasteiger partial charge in [-0.2, -0.15) is 0 Å². The van der Waals surface area contributed by atoms with E-state index >= 15 is 0 Å². The number of carbonyl (C=O) groups excluding carboxylic acids is 1. The molecule has 1 aliphatic heterocycles. The fraction of sp³-hybridized carbons (Fsp3) is 0.350. The number of hydrogen-bond acceptors (Lipinski definition) is 3. The number of carbonyl (C=O) groups is 1. The van der Waals surface area contributed by atoms with E-state index in [1.54, 1.807) is 12.1 Å². The molecule has 0 saturated carbocycles. The van der Waals surface area contributed by atoms with Crippen molar-refractivity contribution in [3.63, 3.8) is 0 Å². The second kappa shape index (κ2) is 8.30. The normalized spacial score (nSPS) is 16.7. The Morgan fingerprint density at radius 2 is 1.77 bits per heavy atom. The lowest BCUT2D eigenvalue weighted by molar-refractivity contribution is -0.123. The molecular weight excluding hydrogens is 369 g/mol. The fourth-order valence-electron chi connectivity index (χ4n) is 3.07. The monoisotopic (exact) mass is 391 g/mol. The van der Waals surface area contributed by atoms with Crippen LogP contribution in [-0.4, -0.2) is 31.1 Å². The van der Waals surface area contributed by atoms with Gasteiger partial charge in [0.05, 0.1) is 22.1 Å². The number of amides is 1. The van der Waals surface area contributed by atoms with Crippen LogP contribution in [0.25, 0.3) is 0 Å². The molecule has 4 nitrogen and oxygen atoms in total. The zero-order valence-electron chi connectivity index (χ0n) is 14.9. The molecule has 138 valence electrons. The molecule has 1 saturated heterocycles. The van der Waals surface area contributed by atoms with Gasteiger partial charge in [-0.05, 0) is 43.7 Å². The van der Waals surface area contributed by atoms with E-state index in [0.717, 1.165) is 18.7 Å². The van der Waals surface area contributed by atoms with Crippen LogP contribution in [0.15, 0.2) is 48.5 Å². The van der Waals surface area contributed by atoms with Crippen LogP contribution in [0.2, 0.25) is 10.0 Å². The molecule has 2 N–H and O–H groups in total. The van der Waals surface area contributed by atoms with E-state index in [4.69, 9.17) is 23.2 Å². The molecule has 0 radical (unpaired) electrons. The second-order valence-electron chi connectivity index (χ2n) is 6.73. The van der Waals surface area contributed by atoms with Gasteiger partial charge >= 0.3 is 0 Å². The number of nitrogens with one attached hydrogen (secondary N) is 2. The Labute approximate surface area is 164 Å². The maximum Gasteiger partial charge on any atom is 0.237 e. The summed E-state index contributed by atoms with van der Waals surface area (Å²) in [5.74, 6) is -0.0262. The first kappa shape index (κ1) is 19.0. The van der Waals surface area contributed by atoms with Crippen LogP contribution >= 0.6 is 23.2 Å². The highest BCUT2D eigenvalue weighted by molar-refractivity contribution is 6.42. The van der Waals surface area contributed by atoms with Gasteiger partial charge < -0.3 is 10.2 Å². The molecule has 1 fully saturated rings. The molecule has 0 aliphatic carbocycles. The summed E-state index contributed by atoms with van der Waals surface area (Å²) in [6.07, 6.45) is 0. The van der Waals surface area contributed by atoms with Crippen molar-refractivity contribution in [2.45, 2.75) is 32.0 Å². The van der Waals surface area contributed by atoms with Crippen LogP contribution in [0.1, 0.15) is 25.5 Å².